The van der Waals surface area contributed by atoms with Crippen molar-refractivity contribution in [2.24, 2.45) is 0 Å². The van der Waals surface area contributed by atoms with E-state index in [-0.39, 0.29) is 0 Å². The van der Waals surface area contributed by atoms with Gasteiger partial charge in [0.1, 0.15) is 5.15 Å². The molecule has 0 saturated heterocycles. The topological polar surface area (TPSA) is 24.9 Å². The van der Waals surface area contributed by atoms with E-state index in [2.05, 4.69) is 24.1 Å². The van der Waals surface area contributed by atoms with Crippen LogP contribution >= 0.6 is 11.6 Å². The van der Waals surface area contributed by atoms with Gasteiger partial charge >= 0.3 is 0 Å². The van der Waals surface area contributed by atoms with Crippen LogP contribution in [0, 0.1) is 0 Å². The van der Waals surface area contributed by atoms with Gasteiger partial charge in [0.15, 0.2) is 0 Å². The maximum atomic E-state index is 5.64. The van der Waals surface area contributed by atoms with Crippen LogP contribution in [0.3, 0.4) is 0 Å². The monoisotopic (exact) mass is 184 g/mol. The summed E-state index contributed by atoms with van der Waals surface area (Å²) in [4.78, 5) is 3.98. The summed E-state index contributed by atoms with van der Waals surface area (Å²) in [5, 5.41) is 3.84. The van der Waals surface area contributed by atoms with Crippen LogP contribution < -0.4 is 5.32 Å². The Morgan fingerprint density at radius 1 is 1.50 bits per heavy atom. The van der Waals surface area contributed by atoms with Gasteiger partial charge in [-0.1, -0.05) is 31.5 Å². The first-order chi connectivity index (χ1) is 5.68. The minimum absolute atomic E-state index is 0.501. The van der Waals surface area contributed by atoms with Crippen LogP contribution in [0.4, 0.5) is 0 Å². The summed E-state index contributed by atoms with van der Waals surface area (Å²) in [6.07, 6.45) is 1.79. The summed E-state index contributed by atoms with van der Waals surface area (Å²) in [7, 11) is 0. The van der Waals surface area contributed by atoms with Crippen LogP contribution in [-0.4, -0.2) is 11.0 Å². The fraction of sp³-hybridized carbons (Fsp3) is 0.444. The Hall–Kier alpha value is -0.600. The highest BCUT2D eigenvalue weighted by molar-refractivity contribution is 6.29. The highest BCUT2D eigenvalue weighted by atomic mass is 35.5. The van der Waals surface area contributed by atoms with E-state index in [1.807, 2.05) is 6.07 Å². The van der Waals surface area contributed by atoms with E-state index in [9.17, 15) is 0 Å². The predicted octanol–water partition coefficient (Wildman–Crippen LogP) is 2.23. The number of aromatic nitrogens is 1. The van der Waals surface area contributed by atoms with Crippen molar-refractivity contribution >= 4 is 11.6 Å². The lowest BCUT2D eigenvalue weighted by Crippen LogP contribution is -2.21. The summed E-state index contributed by atoms with van der Waals surface area (Å²) in [6.45, 7) is 5.08. The van der Waals surface area contributed by atoms with Crippen LogP contribution in [0.2, 0.25) is 5.15 Å². The normalized spacial score (nSPS) is 10.7. The van der Waals surface area contributed by atoms with Gasteiger partial charge in [-0.2, -0.15) is 0 Å². The van der Waals surface area contributed by atoms with E-state index < -0.39 is 0 Å². The van der Waals surface area contributed by atoms with Crippen LogP contribution in [-0.2, 0) is 6.54 Å². The second kappa shape index (κ2) is 4.43. The second-order valence-corrected chi connectivity index (χ2v) is 3.41. The Morgan fingerprint density at radius 3 is 2.75 bits per heavy atom. The van der Waals surface area contributed by atoms with Crippen molar-refractivity contribution in [2.75, 3.05) is 0 Å². The van der Waals surface area contributed by atoms with E-state index in [1.165, 1.54) is 0 Å². The van der Waals surface area contributed by atoms with Gasteiger partial charge in [0.2, 0.25) is 0 Å². The molecule has 0 fully saturated rings. The zero-order chi connectivity index (χ0) is 8.97. The van der Waals surface area contributed by atoms with Crippen LogP contribution in [0.5, 0.6) is 0 Å². The smallest absolute Gasteiger partial charge is 0.129 e. The summed E-state index contributed by atoms with van der Waals surface area (Å²) in [6, 6.07) is 4.28. The number of hydrogen-bond donors (Lipinski definition) is 1. The number of hydrogen-bond acceptors (Lipinski definition) is 2. The summed E-state index contributed by atoms with van der Waals surface area (Å²) < 4.78 is 0. The van der Waals surface area contributed by atoms with Gasteiger partial charge in [-0.25, -0.2) is 4.98 Å². The van der Waals surface area contributed by atoms with Gasteiger partial charge in [-0.15, -0.1) is 0 Å². The van der Waals surface area contributed by atoms with Crippen molar-refractivity contribution in [1.82, 2.24) is 10.3 Å². The van der Waals surface area contributed by atoms with Gasteiger partial charge in [0, 0.05) is 18.8 Å². The molecule has 0 unspecified atom stereocenters. The highest BCUT2D eigenvalue weighted by Gasteiger charge is 1.95. The summed E-state index contributed by atoms with van der Waals surface area (Å²) >= 11 is 5.64. The predicted molar refractivity (Wildman–Crippen MR) is 51.2 cm³/mol. The molecule has 0 bridgehead atoms. The van der Waals surface area contributed by atoms with Gasteiger partial charge in [0.25, 0.3) is 0 Å². The standard InChI is InChI=1S/C9H13ClN2/c1-7(2)11-5-8-3-4-9(10)12-6-8/h3-4,6-7,11H,5H2,1-2H3. The molecule has 1 aromatic heterocycles. The Balaban J connectivity index is 2.48. The molecule has 1 aromatic rings. The fourth-order valence-electron chi connectivity index (χ4n) is 0.833. The zero-order valence-corrected chi connectivity index (χ0v) is 8.10. The van der Waals surface area contributed by atoms with E-state index in [0.29, 0.717) is 11.2 Å². The first-order valence-electron chi connectivity index (χ1n) is 4.02. The lowest BCUT2D eigenvalue weighted by atomic mass is 10.2. The molecule has 0 amide bonds. The molecule has 0 atom stereocenters. The molecule has 12 heavy (non-hydrogen) atoms. The van der Waals surface area contributed by atoms with Gasteiger partial charge in [-0.3, -0.25) is 0 Å². The van der Waals surface area contributed by atoms with Crippen molar-refractivity contribution in [3.8, 4) is 0 Å². The minimum atomic E-state index is 0.501. The lowest BCUT2D eigenvalue weighted by molar-refractivity contribution is 0.588. The molecular formula is C9H13ClN2. The molecule has 1 rings (SSSR count). The number of rotatable bonds is 3. The number of nitrogens with zero attached hydrogens (tertiary/aromatic N) is 1. The Bertz CT molecular complexity index is 231. The molecule has 2 nitrogen and oxygen atoms in total. The van der Waals surface area contributed by atoms with Crippen LogP contribution in [0.25, 0.3) is 0 Å². The molecule has 0 radical (unpaired) electrons. The average Bonchev–Trinajstić information content (AvgIpc) is 2.03. The molecule has 3 heteroatoms. The van der Waals surface area contributed by atoms with E-state index in [4.69, 9.17) is 11.6 Å². The number of halogens is 1. The third-order valence-corrected chi connectivity index (χ3v) is 1.73. The first kappa shape index (κ1) is 9.49. The summed E-state index contributed by atoms with van der Waals surface area (Å²) in [5.41, 5.74) is 1.16. The first-order valence-corrected chi connectivity index (χ1v) is 4.40. The van der Waals surface area contributed by atoms with E-state index in [1.54, 1.807) is 12.3 Å². The Labute approximate surface area is 78.0 Å². The van der Waals surface area contributed by atoms with Gasteiger partial charge < -0.3 is 5.32 Å². The molecule has 1 heterocycles. The lowest BCUT2D eigenvalue weighted by Gasteiger charge is -2.06. The largest absolute Gasteiger partial charge is 0.310 e. The fourth-order valence-corrected chi connectivity index (χ4v) is 0.945. The van der Waals surface area contributed by atoms with Crippen molar-refractivity contribution in [2.45, 2.75) is 26.4 Å². The van der Waals surface area contributed by atoms with Gasteiger partial charge in [0.05, 0.1) is 0 Å². The third-order valence-electron chi connectivity index (χ3n) is 1.50. The quantitative estimate of drug-likeness (QED) is 0.729. The molecule has 1 N–H and O–H groups in total. The molecule has 0 aliphatic rings. The molecule has 66 valence electrons. The molecule has 0 saturated carbocycles. The maximum Gasteiger partial charge on any atom is 0.129 e. The molecule has 0 spiro atoms. The average molecular weight is 185 g/mol. The second-order valence-electron chi connectivity index (χ2n) is 3.02. The molecule has 0 aromatic carbocycles. The van der Waals surface area contributed by atoms with Crippen molar-refractivity contribution in [3.63, 3.8) is 0 Å². The SMILES string of the molecule is CC(C)NCc1ccc(Cl)nc1. The summed E-state index contributed by atoms with van der Waals surface area (Å²) in [5.74, 6) is 0. The maximum absolute atomic E-state index is 5.64. The number of nitrogens with one attached hydrogen (secondary N) is 1. The van der Waals surface area contributed by atoms with E-state index >= 15 is 0 Å². The van der Waals surface area contributed by atoms with Crippen LogP contribution in [0.15, 0.2) is 18.3 Å². The Morgan fingerprint density at radius 2 is 2.25 bits per heavy atom. The number of pyridine rings is 1. The van der Waals surface area contributed by atoms with Crippen molar-refractivity contribution < 1.29 is 0 Å². The molecule has 0 aliphatic carbocycles. The molecular weight excluding hydrogens is 172 g/mol. The third kappa shape index (κ3) is 3.20. The van der Waals surface area contributed by atoms with Crippen molar-refractivity contribution in [1.29, 1.82) is 0 Å². The van der Waals surface area contributed by atoms with E-state index in [0.717, 1.165) is 12.1 Å². The highest BCUT2D eigenvalue weighted by Crippen LogP contribution is 2.04. The Kier molecular flexibility index (Phi) is 3.50. The molecule has 0 aliphatic heterocycles. The minimum Gasteiger partial charge on any atom is -0.310 e. The van der Waals surface area contributed by atoms with Crippen LogP contribution in [0.1, 0.15) is 19.4 Å². The zero-order valence-electron chi connectivity index (χ0n) is 7.34. The van der Waals surface area contributed by atoms with Gasteiger partial charge in [-0.05, 0) is 11.6 Å². The van der Waals surface area contributed by atoms with Crippen molar-refractivity contribution in [3.05, 3.63) is 29.0 Å².